The van der Waals surface area contributed by atoms with Gasteiger partial charge in [-0.05, 0) is 55.2 Å². The number of pyridine rings is 1. The van der Waals surface area contributed by atoms with Crippen molar-refractivity contribution in [2.45, 2.75) is 26.7 Å². The van der Waals surface area contributed by atoms with Gasteiger partial charge in [-0.1, -0.05) is 35.0 Å². The second-order valence-electron chi connectivity index (χ2n) is 6.57. The van der Waals surface area contributed by atoms with Crippen LogP contribution in [0.5, 0.6) is 0 Å². The fourth-order valence-electron chi connectivity index (χ4n) is 3.25. The molecule has 1 N–H and O–H groups in total. The smallest absolute Gasteiger partial charge is 0.341 e. The zero-order valence-electron chi connectivity index (χ0n) is 16.5. The third-order valence-corrected chi connectivity index (χ3v) is 5.21. The van der Waals surface area contributed by atoms with Gasteiger partial charge in [-0.15, -0.1) is 0 Å². The predicted octanol–water partition coefficient (Wildman–Crippen LogP) is 5.26. The van der Waals surface area contributed by atoms with Crippen LogP contribution in [-0.2, 0) is 17.6 Å². The van der Waals surface area contributed by atoms with E-state index in [9.17, 15) is 10.1 Å². The van der Waals surface area contributed by atoms with Crippen LogP contribution >= 0.6 is 15.9 Å². The second-order valence-corrected chi connectivity index (χ2v) is 7.48. The van der Waals surface area contributed by atoms with Crippen LogP contribution in [0.4, 0.5) is 5.69 Å². The van der Waals surface area contributed by atoms with Gasteiger partial charge in [0.15, 0.2) is 0 Å². The predicted molar refractivity (Wildman–Crippen MR) is 118 cm³/mol. The van der Waals surface area contributed by atoms with Crippen LogP contribution in [0.3, 0.4) is 0 Å². The van der Waals surface area contributed by atoms with Crippen LogP contribution in [0.2, 0.25) is 0 Å². The monoisotopic (exact) mass is 451 g/mol. The van der Waals surface area contributed by atoms with E-state index in [0.717, 1.165) is 33.8 Å². The molecule has 0 bridgehead atoms. The van der Waals surface area contributed by atoms with Crippen molar-refractivity contribution in [3.05, 3.63) is 69.3 Å². The summed E-state index contributed by atoms with van der Waals surface area (Å²) in [6, 6.07) is 14.0. The standard InChI is InChI=1S/C23H22BrN3O2/c1-3-17-11-16(13-25)12-19-21(17)27-14-20(23(28)29-4-2)22(19)26-10-9-15-5-7-18(24)8-6-15/h5-8,11-12,14H,3-4,9-10H2,1-2H3,(H,26,27). The van der Waals surface area contributed by atoms with E-state index >= 15 is 0 Å². The normalized spacial score (nSPS) is 10.6. The number of halogens is 1. The number of nitrogens with zero attached hydrogens (tertiary/aromatic N) is 2. The molecular formula is C23H22BrN3O2. The molecule has 6 heteroatoms. The van der Waals surface area contributed by atoms with Gasteiger partial charge in [0.1, 0.15) is 5.56 Å². The maximum atomic E-state index is 12.5. The maximum absolute atomic E-state index is 12.5. The first kappa shape index (κ1) is 20.8. The Morgan fingerprint density at radius 2 is 2.00 bits per heavy atom. The van der Waals surface area contributed by atoms with E-state index in [1.165, 1.54) is 5.56 Å². The molecule has 148 valence electrons. The van der Waals surface area contributed by atoms with Gasteiger partial charge in [-0.25, -0.2) is 4.79 Å². The number of carbonyl (C=O) groups is 1. The van der Waals surface area contributed by atoms with Crippen molar-refractivity contribution in [2.75, 3.05) is 18.5 Å². The first-order valence-corrected chi connectivity index (χ1v) is 10.4. The van der Waals surface area contributed by atoms with Crippen molar-refractivity contribution in [2.24, 2.45) is 0 Å². The molecule has 1 aromatic heterocycles. The Morgan fingerprint density at radius 3 is 2.66 bits per heavy atom. The van der Waals surface area contributed by atoms with E-state index in [1.807, 2.05) is 25.1 Å². The topological polar surface area (TPSA) is 75.0 Å². The summed E-state index contributed by atoms with van der Waals surface area (Å²) in [6.07, 6.45) is 3.10. The third kappa shape index (κ3) is 4.75. The molecule has 29 heavy (non-hydrogen) atoms. The summed E-state index contributed by atoms with van der Waals surface area (Å²) < 4.78 is 6.26. The molecule has 0 radical (unpaired) electrons. The number of rotatable bonds is 7. The average molecular weight is 452 g/mol. The Bertz CT molecular complexity index is 1070. The quantitative estimate of drug-likeness (QED) is 0.495. The summed E-state index contributed by atoms with van der Waals surface area (Å²) in [5.41, 5.74) is 4.55. The number of esters is 1. The molecule has 0 amide bonds. The van der Waals surface area contributed by atoms with Crippen LogP contribution in [-0.4, -0.2) is 24.1 Å². The number of hydrogen-bond donors (Lipinski definition) is 1. The summed E-state index contributed by atoms with van der Waals surface area (Å²) in [6.45, 7) is 4.71. The van der Waals surface area contributed by atoms with Gasteiger partial charge >= 0.3 is 5.97 Å². The van der Waals surface area contributed by atoms with Crippen molar-refractivity contribution in [1.82, 2.24) is 4.98 Å². The molecule has 0 fully saturated rings. The van der Waals surface area contributed by atoms with Gasteiger partial charge in [0.05, 0.1) is 29.4 Å². The number of ether oxygens (including phenoxy) is 1. The molecule has 2 aromatic carbocycles. The third-order valence-electron chi connectivity index (χ3n) is 4.68. The molecule has 3 aromatic rings. The average Bonchev–Trinajstić information content (AvgIpc) is 2.74. The largest absolute Gasteiger partial charge is 0.462 e. The minimum Gasteiger partial charge on any atom is -0.462 e. The Kier molecular flexibility index (Phi) is 6.84. The Morgan fingerprint density at radius 1 is 1.24 bits per heavy atom. The zero-order valence-corrected chi connectivity index (χ0v) is 18.0. The maximum Gasteiger partial charge on any atom is 0.341 e. The summed E-state index contributed by atoms with van der Waals surface area (Å²) in [5, 5.41) is 13.6. The van der Waals surface area contributed by atoms with E-state index in [0.29, 0.717) is 23.4 Å². The van der Waals surface area contributed by atoms with E-state index in [1.54, 1.807) is 19.2 Å². The van der Waals surface area contributed by atoms with Crippen LogP contribution < -0.4 is 5.32 Å². The van der Waals surface area contributed by atoms with Crippen LogP contribution in [0, 0.1) is 11.3 Å². The molecule has 0 atom stereocenters. The van der Waals surface area contributed by atoms with Crippen molar-refractivity contribution >= 4 is 38.5 Å². The van der Waals surface area contributed by atoms with E-state index in [-0.39, 0.29) is 6.61 Å². The van der Waals surface area contributed by atoms with Gasteiger partial charge in [0.2, 0.25) is 0 Å². The van der Waals surface area contributed by atoms with E-state index in [4.69, 9.17) is 4.74 Å². The van der Waals surface area contributed by atoms with Gasteiger partial charge in [0, 0.05) is 22.6 Å². The summed E-state index contributed by atoms with van der Waals surface area (Å²) in [5.74, 6) is -0.423. The Hall–Kier alpha value is -2.91. The number of nitrogens with one attached hydrogen (secondary N) is 1. The molecule has 5 nitrogen and oxygen atoms in total. The van der Waals surface area contributed by atoms with Crippen molar-refractivity contribution < 1.29 is 9.53 Å². The summed E-state index contributed by atoms with van der Waals surface area (Å²) in [4.78, 5) is 17.0. The van der Waals surface area contributed by atoms with Crippen LogP contribution in [0.1, 0.15) is 40.9 Å². The van der Waals surface area contributed by atoms with Crippen molar-refractivity contribution in [3.8, 4) is 6.07 Å². The van der Waals surface area contributed by atoms with Crippen molar-refractivity contribution in [1.29, 1.82) is 5.26 Å². The molecule has 1 heterocycles. The minimum atomic E-state index is -0.423. The number of aromatic nitrogens is 1. The Labute approximate surface area is 178 Å². The van der Waals surface area contributed by atoms with Crippen LogP contribution in [0.25, 0.3) is 10.9 Å². The molecule has 0 aliphatic heterocycles. The highest BCUT2D eigenvalue weighted by molar-refractivity contribution is 9.10. The Balaban J connectivity index is 2.02. The number of aryl methyl sites for hydroxylation is 1. The molecular weight excluding hydrogens is 430 g/mol. The molecule has 0 unspecified atom stereocenters. The molecule has 0 saturated heterocycles. The first-order chi connectivity index (χ1) is 14.1. The van der Waals surface area contributed by atoms with E-state index < -0.39 is 5.97 Å². The summed E-state index contributed by atoms with van der Waals surface area (Å²) >= 11 is 3.44. The van der Waals surface area contributed by atoms with E-state index in [2.05, 4.69) is 44.4 Å². The number of hydrogen-bond acceptors (Lipinski definition) is 5. The lowest BCUT2D eigenvalue weighted by atomic mass is 10.0. The van der Waals surface area contributed by atoms with Gasteiger partial charge in [0.25, 0.3) is 0 Å². The highest BCUT2D eigenvalue weighted by Gasteiger charge is 2.18. The highest BCUT2D eigenvalue weighted by atomic mass is 79.9. The summed E-state index contributed by atoms with van der Waals surface area (Å²) in [7, 11) is 0. The SMILES string of the molecule is CCOC(=O)c1cnc2c(CC)cc(C#N)cc2c1NCCc1ccc(Br)cc1. The molecule has 3 rings (SSSR count). The lowest BCUT2D eigenvalue weighted by Crippen LogP contribution is -2.13. The molecule has 0 spiro atoms. The number of carbonyl (C=O) groups excluding carboxylic acids is 1. The fraction of sp³-hybridized carbons (Fsp3) is 0.261. The molecule has 0 aliphatic rings. The van der Waals surface area contributed by atoms with Crippen LogP contribution in [0.15, 0.2) is 47.1 Å². The van der Waals surface area contributed by atoms with Crippen molar-refractivity contribution in [3.63, 3.8) is 0 Å². The van der Waals surface area contributed by atoms with Gasteiger partial charge in [-0.3, -0.25) is 4.98 Å². The molecule has 0 aliphatic carbocycles. The minimum absolute atomic E-state index is 0.285. The van der Waals surface area contributed by atoms with Gasteiger partial charge < -0.3 is 10.1 Å². The van der Waals surface area contributed by atoms with Gasteiger partial charge in [-0.2, -0.15) is 5.26 Å². The number of benzene rings is 2. The fourth-order valence-corrected chi connectivity index (χ4v) is 3.51. The lowest BCUT2D eigenvalue weighted by Gasteiger charge is -2.16. The number of anilines is 1. The number of nitriles is 1. The zero-order chi connectivity index (χ0) is 20.8. The second kappa shape index (κ2) is 9.53. The lowest BCUT2D eigenvalue weighted by molar-refractivity contribution is 0.0527. The first-order valence-electron chi connectivity index (χ1n) is 9.58. The number of fused-ring (bicyclic) bond motifs is 1. The molecule has 0 saturated carbocycles. The highest BCUT2D eigenvalue weighted by Crippen LogP contribution is 2.30.